The van der Waals surface area contributed by atoms with Crippen LogP contribution in [0.1, 0.15) is 56.4 Å². The van der Waals surface area contributed by atoms with E-state index in [2.05, 4.69) is 9.88 Å². The average molecular weight is 406 g/mol. The molecule has 1 unspecified atom stereocenters. The van der Waals surface area contributed by atoms with E-state index < -0.39 is 10.0 Å². The monoisotopic (exact) mass is 405 g/mol. The minimum Gasteiger partial charge on any atom is -0.379 e. The van der Waals surface area contributed by atoms with Crippen molar-refractivity contribution in [1.29, 1.82) is 0 Å². The van der Waals surface area contributed by atoms with E-state index in [1.807, 2.05) is 6.07 Å². The van der Waals surface area contributed by atoms with E-state index in [0.717, 1.165) is 39.1 Å². The maximum atomic E-state index is 13.0. The Hall–Kier alpha value is -1.02. The van der Waals surface area contributed by atoms with E-state index in [1.165, 1.54) is 37.7 Å². The lowest BCUT2D eigenvalue weighted by atomic mass is 9.77. The number of aromatic nitrogens is 1. The Bertz CT molecular complexity index is 793. The van der Waals surface area contributed by atoms with Crippen molar-refractivity contribution in [2.45, 2.75) is 61.9 Å². The van der Waals surface area contributed by atoms with Gasteiger partial charge in [-0.05, 0) is 67.9 Å². The van der Waals surface area contributed by atoms with E-state index in [1.54, 1.807) is 16.6 Å². The van der Waals surface area contributed by atoms with Crippen LogP contribution in [-0.2, 0) is 14.8 Å². The molecule has 6 nitrogen and oxygen atoms in total. The summed E-state index contributed by atoms with van der Waals surface area (Å²) in [5, 5.41) is 0.213. The number of morpholine rings is 1. The van der Waals surface area contributed by atoms with E-state index in [-0.39, 0.29) is 5.03 Å². The average Bonchev–Trinajstić information content (AvgIpc) is 3.51. The first-order chi connectivity index (χ1) is 13.6. The lowest BCUT2D eigenvalue weighted by Gasteiger charge is -2.40. The first kappa shape index (κ1) is 19.0. The molecule has 7 heteroatoms. The van der Waals surface area contributed by atoms with Gasteiger partial charge in [-0.15, -0.1) is 0 Å². The molecule has 3 heterocycles. The Morgan fingerprint density at radius 1 is 1.00 bits per heavy atom. The van der Waals surface area contributed by atoms with Gasteiger partial charge in [0.15, 0.2) is 5.03 Å². The second kappa shape index (κ2) is 7.35. The standard InChI is InChI=1S/C21H31N3O3S/c25-28(26,20-4-3-18(16-22-20)17-1-2-17)24-9-7-21(8-10-24)6-5-19(15-21)23-11-13-27-14-12-23/h3-4,16-17,19H,1-2,5-15H2. The topological polar surface area (TPSA) is 62.7 Å². The Morgan fingerprint density at radius 3 is 2.39 bits per heavy atom. The van der Waals surface area contributed by atoms with Crippen molar-refractivity contribution < 1.29 is 13.2 Å². The molecule has 2 aliphatic heterocycles. The van der Waals surface area contributed by atoms with Crippen molar-refractivity contribution in [1.82, 2.24) is 14.2 Å². The zero-order valence-corrected chi connectivity index (χ0v) is 17.4. The molecular formula is C21H31N3O3S. The van der Waals surface area contributed by atoms with Gasteiger partial charge in [-0.2, -0.15) is 4.31 Å². The molecule has 4 aliphatic rings. The predicted octanol–water partition coefficient (Wildman–Crippen LogP) is 2.61. The summed E-state index contributed by atoms with van der Waals surface area (Å²) >= 11 is 0. The number of ether oxygens (including phenoxy) is 1. The van der Waals surface area contributed by atoms with E-state index >= 15 is 0 Å². The molecule has 1 aromatic rings. The molecule has 0 N–H and O–H groups in total. The van der Waals surface area contributed by atoms with Crippen molar-refractivity contribution >= 4 is 10.0 Å². The molecule has 2 saturated carbocycles. The van der Waals surface area contributed by atoms with Crippen molar-refractivity contribution in [3.8, 4) is 0 Å². The summed E-state index contributed by atoms with van der Waals surface area (Å²) in [7, 11) is -3.47. The largest absolute Gasteiger partial charge is 0.379 e. The van der Waals surface area contributed by atoms with Crippen LogP contribution in [0.2, 0.25) is 0 Å². The molecule has 154 valence electrons. The second-order valence-electron chi connectivity index (χ2n) is 9.15. The molecule has 2 aliphatic carbocycles. The van der Waals surface area contributed by atoms with Crippen LogP contribution in [0.15, 0.2) is 23.4 Å². The first-order valence-corrected chi connectivity index (χ1v) is 12.3. The van der Waals surface area contributed by atoms with Gasteiger partial charge in [0.05, 0.1) is 13.2 Å². The van der Waals surface area contributed by atoms with Crippen molar-refractivity contribution in [2.24, 2.45) is 5.41 Å². The van der Waals surface area contributed by atoms with Crippen LogP contribution in [0.4, 0.5) is 0 Å². The summed E-state index contributed by atoms with van der Waals surface area (Å²) in [5.74, 6) is 0.598. The van der Waals surface area contributed by atoms with E-state index in [9.17, 15) is 8.42 Å². The number of hydrogen-bond acceptors (Lipinski definition) is 5. The zero-order chi connectivity index (χ0) is 19.2. The van der Waals surface area contributed by atoms with Crippen LogP contribution in [0.3, 0.4) is 0 Å². The number of sulfonamides is 1. The maximum Gasteiger partial charge on any atom is 0.260 e. The maximum absolute atomic E-state index is 13.0. The van der Waals surface area contributed by atoms with Gasteiger partial charge in [-0.3, -0.25) is 4.90 Å². The van der Waals surface area contributed by atoms with Gasteiger partial charge in [-0.1, -0.05) is 6.07 Å². The number of nitrogens with zero attached hydrogens (tertiary/aromatic N) is 3. The number of rotatable bonds is 4. The highest BCUT2D eigenvalue weighted by Gasteiger charge is 2.45. The summed E-state index contributed by atoms with van der Waals surface area (Å²) in [4.78, 5) is 6.89. The van der Waals surface area contributed by atoms with Gasteiger partial charge in [0.2, 0.25) is 0 Å². The van der Waals surface area contributed by atoms with Crippen molar-refractivity contribution in [2.75, 3.05) is 39.4 Å². The van der Waals surface area contributed by atoms with Crippen LogP contribution >= 0.6 is 0 Å². The van der Waals surface area contributed by atoms with E-state index in [0.29, 0.717) is 30.5 Å². The molecule has 5 rings (SSSR count). The fourth-order valence-corrected chi connectivity index (χ4v) is 6.77. The Labute approximate surface area is 168 Å². The van der Waals surface area contributed by atoms with Gasteiger partial charge < -0.3 is 4.74 Å². The highest BCUT2D eigenvalue weighted by atomic mass is 32.2. The van der Waals surface area contributed by atoms with E-state index in [4.69, 9.17) is 4.74 Å². The van der Waals surface area contributed by atoms with Gasteiger partial charge in [0.25, 0.3) is 10.0 Å². The zero-order valence-electron chi connectivity index (χ0n) is 16.6. The third-order valence-electron chi connectivity index (χ3n) is 7.43. The summed E-state index contributed by atoms with van der Waals surface area (Å²) in [5.41, 5.74) is 1.51. The summed E-state index contributed by atoms with van der Waals surface area (Å²) in [6.07, 6.45) is 9.82. The predicted molar refractivity (Wildman–Crippen MR) is 107 cm³/mol. The second-order valence-corrected chi connectivity index (χ2v) is 11.0. The minimum atomic E-state index is -3.47. The van der Waals surface area contributed by atoms with Gasteiger partial charge >= 0.3 is 0 Å². The molecule has 0 radical (unpaired) electrons. The molecule has 4 fully saturated rings. The lowest BCUT2D eigenvalue weighted by molar-refractivity contribution is 0.0137. The van der Waals surface area contributed by atoms with Gasteiger partial charge in [-0.25, -0.2) is 13.4 Å². The molecular weight excluding hydrogens is 374 g/mol. The molecule has 0 amide bonds. The summed E-state index contributed by atoms with van der Waals surface area (Å²) in [6.45, 7) is 5.05. The molecule has 28 heavy (non-hydrogen) atoms. The highest BCUT2D eigenvalue weighted by Crippen LogP contribution is 2.48. The Balaban J connectivity index is 1.21. The fraction of sp³-hybridized carbons (Fsp3) is 0.762. The molecule has 1 aromatic heterocycles. The number of hydrogen-bond donors (Lipinski definition) is 0. The SMILES string of the molecule is O=S(=O)(c1ccc(C2CC2)cn1)N1CCC2(CCC(N3CCOCC3)C2)CC1. The molecule has 2 saturated heterocycles. The van der Waals surface area contributed by atoms with Crippen molar-refractivity contribution in [3.63, 3.8) is 0 Å². The molecule has 1 atom stereocenters. The van der Waals surface area contributed by atoms with Crippen LogP contribution < -0.4 is 0 Å². The fourth-order valence-electron chi connectivity index (χ4n) is 5.42. The summed E-state index contributed by atoms with van der Waals surface area (Å²) in [6, 6.07) is 4.31. The highest BCUT2D eigenvalue weighted by molar-refractivity contribution is 7.89. The van der Waals surface area contributed by atoms with Crippen LogP contribution in [0.5, 0.6) is 0 Å². The molecule has 1 spiro atoms. The van der Waals surface area contributed by atoms with Crippen LogP contribution in [0, 0.1) is 5.41 Å². The van der Waals surface area contributed by atoms with Gasteiger partial charge in [0, 0.05) is 38.4 Å². The van der Waals surface area contributed by atoms with Crippen LogP contribution in [-0.4, -0.2) is 68.0 Å². The number of piperidine rings is 1. The van der Waals surface area contributed by atoms with Crippen molar-refractivity contribution in [3.05, 3.63) is 23.9 Å². The smallest absolute Gasteiger partial charge is 0.260 e. The molecule has 0 aromatic carbocycles. The minimum absolute atomic E-state index is 0.213. The van der Waals surface area contributed by atoms with Gasteiger partial charge in [0.1, 0.15) is 0 Å². The lowest BCUT2D eigenvalue weighted by Crippen LogP contribution is -2.45. The third-order valence-corrected chi connectivity index (χ3v) is 9.25. The Morgan fingerprint density at radius 2 is 1.75 bits per heavy atom. The first-order valence-electron chi connectivity index (χ1n) is 10.8. The third kappa shape index (κ3) is 3.62. The quantitative estimate of drug-likeness (QED) is 0.771. The number of pyridine rings is 1. The normalized spacial score (nSPS) is 29.4. The Kier molecular flexibility index (Phi) is 4.98. The summed E-state index contributed by atoms with van der Waals surface area (Å²) < 4.78 is 33.2. The molecule has 0 bridgehead atoms. The van der Waals surface area contributed by atoms with Crippen LogP contribution in [0.25, 0.3) is 0 Å².